The first-order valence-corrected chi connectivity index (χ1v) is 4.16. The molecular weight excluding hydrogens is 168 g/mol. The van der Waals surface area contributed by atoms with Crippen LogP contribution in [0.4, 0.5) is 0 Å². The molecule has 0 aliphatic rings. The van der Waals surface area contributed by atoms with Gasteiger partial charge in [0.05, 0.1) is 6.61 Å². The van der Waals surface area contributed by atoms with Gasteiger partial charge in [-0.15, -0.1) is 11.6 Å². The first kappa shape index (κ1) is 10.7. The van der Waals surface area contributed by atoms with Crippen molar-refractivity contribution in [1.29, 1.82) is 0 Å². The van der Waals surface area contributed by atoms with Crippen LogP contribution in [0, 0.1) is 0 Å². The first-order chi connectivity index (χ1) is 5.22. The molecular formula is C7H13ClO3. The summed E-state index contributed by atoms with van der Waals surface area (Å²) >= 11 is 5.36. The summed E-state index contributed by atoms with van der Waals surface area (Å²) in [7, 11) is 0. The van der Waals surface area contributed by atoms with E-state index in [9.17, 15) is 4.79 Å². The Morgan fingerprint density at radius 2 is 2.36 bits per heavy atom. The average molecular weight is 181 g/mol. The van der Waals surface area contributed by atoms with E-state index in [1.54, 1.807) is 6.92 Å². The molecule has 4 heteroatoms. The highest BCUT2D eigenvalue weighted by Gasteiger charge is 2.14. The molecule has 0 aromatic rings. The Balaban J connectivity index is 3.46. The van der Waals surface area contributed by atoms with Gasteiger partial charge >= 0.3 is 5.97 Å². The Hall–Kier alpha value is -0.280. The van der Waals surface area contributed by atoms with Crippen LogP contribution in [0.2, 0.25) is 0 Å². The molecule has 1 atom stereocenters. The minimum absolute atomic E-state index is 0.302. The van der Waals surface area contributed by atoms with Gasteiger partial charge in [-0.2, -0.15) is 0 Å². The Labute approximate surface area is 71.3 Å². The molecule has 0 heterocycles. The molecule has 0 aliphatic heterocycles. The number of aliphatic hydroxyl groups excluding tert-OH is 1. The summed E-state index contributed by atoms with van der Waals surface area (Å²) < 4.78 is 4.57. The van der Waals surface area contributed by atoms with E-state index in [-0.39, 0.29) is 0 Å². The number of hydrogen-bond acceptors (Lipinski definition) is 3. The van der Waals surface area contributed by atoms with Crippen LogP contribution >= 0.6 is 11.6 Å². The third-order valence-electron chi connectivity index (χ3n) is 1.17. The molecule has 0 rings (SSSR count). The maximum atomic E-state index is 10.7. The number of hydrogen-bond donors (Lipinski definition) is 1. The summed E-state index contributed by atoms with van der Waals surface area (Å²) in [4.78, 5) is 10.7. The van der Waals surface area contributed by atoms with Crippen molar-refractivity contribution in [1.82, 2.24) is 0 Å². The van der Waals surface area contributed by atoms with Gasteiger partial charge in [0, 0.05) is 5.88 Å². The van der Waals surface area contributed by atoms with Crippen LogP contribution in [-0.4, -0.2) is 29.7 Å². The molecule has 0 aromatic heterocycles. The zero-order valence-electron chi connectivity index (χ0n) is 6.55. The third kappa shape index (κ3) is 5.04. The van der Waals surface area contributed by atoms with Gasteiger partial charge in [0.1, 0.15) is 0 Å². The molecule has 0 aromatic carbocycles. The highest BCUT2D eigenvalue weighted by molar-refractivity contribution is 6.17. The zero-order valence-corrected chi connectivity index (χ0v) is 7.30. The number of carbonyl (C=O) groups excluding carboxylic acids is 1. The smallest absolute Gasteiger partial charge is 0.334 e. The van der Waals surface area contributed by atoms with E-state index in [1.165, 1.54) is 0 Å². The molecule has 0 amide bonds. The van der Waals surface area contributed by atoms with Gasteiger partial charge in [0.15, 0.2) is 6.10 Å². The number of esters is 1. The maximum Gasteiger partial charge on any atom is 0.334 e. The van der Waals surface area contributed by atoms with Crippen LogP contribution in [-0.2, 0) is 9.53 Å². The van der Waals surface area contributed by atoms with E-state index < -0.39 is 12.1 Å². The largest absolute Gasteiger partial charge is 0.464 e. The highest BCUT2D eigenvalue weighted by Crippen LogP contribution is 2.00. The topological polar surface area (TPSA) is 46.5 Å². The van der Waals surface area contributed by atoms with Crippen molar-refractivity contribution >= 4 is 17.6 Å². The summed E-state index contributed by atoms with van der Waals surface area (Å²) in [6, 6.07) is 0. The standard InChI is InChI=1S/C7H13ClO3/c1-2-11-7(10)6(9)4-3-5-8/h6,9H,2-5H2,1H3. The Morgan fingerprint density at radius 3 is 2.82 bits per heavy atom. The molecule has 1 unspecified atom stereocenters. The predicted octanol–water partition coefficient (Wildman–Crippen LogP) is 0.929. The van der Waals surface area contributed by atoms with Gasteiger partial charge in [-0.05, 0) is 19.8 Å². The molecule has 0 saturated heterocycles. The lowest BCUT2D eigenvalue weighted by atomic mass is 10.2. The van der Waals surface area contributed by atoms with E-state index in [2.05, 4.69) is 4.74 Å². The minimum Gasteiger partial charge on any atom is -0.464 e. The summed E-state index contributed by atoms with van der Waals surface area (Å²) in [6.45, 7) is 2.00. The Bertz CT molecular complexity index is 116. The summed E-state index contributed by atoms with van der Waals surface area (Å²) in [6.07, 6.45) is -0.00199. The zero-order chi connectivity index (χ0) is 8.69. The van der Waals surface area contributed by atoms with Crippen LogP contribution in [0.25, 0.3) is 0 Å². The minimum atomic E-state index is -1.01. The summed E-state index contributed by atoms with van der Waals surface area (Å²) in [5.41, 5.74) is 0. The molecule has 66 valence electrons. The number of aliphatic hydroxyl groups is 1. The number of alkyl halides is 1. The fourth-order valence-corrected chi connectivity index (χ4v) is 0.781. The molecule has 0 fully saturated rings. The van der Waals surface area contributed by atoms with Crippen molar-refractivity contribution in [3.05, 3.63) is 0 Å². The highest BCUT2D eigenvalue weighted by atomic mass is 35.5. The van der Waals surface area contributed by atoms with Gasteiger partial charge in [-0.3, -0.25) is 0 Å². The van der Waals surface area contributed by atoms with E-state index in [0.717, 1.165) is 0 Å². The summed E-state index contributed by atoms with van der Waals surface area (Å²) in [5.74, 6) is -0.103. The quantitative estimate of drug-likeness (QED) is 0.506. The van der Waals surface area contributed by atoms with Gasteiger partial charge in [-0.25, -0.2) is 4.79 Å². The normalized spacial score (nSPS) is 12.6. The predicted molar refractivity (Wildman–Crippen MR) is 42.6 cm³/mol. The van der Waals surface area contributed by atoms with E-state index in [4.69, 9.17) is 16.7 Å². The maximum absolute atomic E-state index is 10.7. The molecule has 0 bridgehead atoms. The number of halogens is 1. The second kappa shape index (κ2) is 6.43. The summed E-state index contributed by atoms with van der Waals surface area (Å²) in [5, 5.41) is 9.05. The SMILES string of the molecule is CCOC(=O)C(O)CCCCl. The molecule has 3 nitrogen and oxygen atoms in total. The second-order valence-corrected chi connectivity index (χ2v) is 2.48. The number of ether oxygens (including phenoxy) is 1. The van der Waals surface area contributed by atoms with Crippen molar-refractivity contribution in [3.8, 4) is 0 Å². The van der Waals surface area contributed by atoms with Crippen LogP contribution in [0.3, 0.4) is 0 Å². The van der Waals surface area contributed by atoms with Crippen LogP contribution < -0.4 is 0 Å². The van der Waals surface area contributed by atoms with Crippen LogP contribution in [0.15, 0.2) is 0 Å². The third-order valence-corrected chi connectivity index (χ3v) is 1.44. The Kier molecular flexibility index (Phi) is 6.27. The van der Waals surface area contributed by atoms with Crippen molar-refractivity contribution in [2.45, 2.75) is 25.9 Å². The Morgan fingerprint density at radius 1 is 1.73 bits per heavy atom. The monoisotopic (exact) mass is 180 g/mol. The lowest BCUT2D eigenvalue weighted by molar-refractivity contribution is -0.153. The number of rotatable bonds is 5. The van der Waals surface area contributed by atoms with Gasteiger partial charge < -0.3 is 9.84 Å². The van der Waals surface area contributed by atoms with Crippen LogP contribution in [0.5, 0.6) is 0 Å². The first-order valence-electron chi connectivity index (χ1n) is 3.63. The molecule has 0 radical (unpaired) electrons. The van der Waals surface area contributed by atoms with Gasteiger partial charge in [0.2, 0.25) is 0 Å². The molecule has 0 saturated carbocycles. The van der Waals surface area contributed by atoms with Crippen molar-refractivity contribution < 1.29 is 14.6 Å². The molecule has 0 spiro atoms. The van der Waals surface area contributed by atoms with E-state index >= 15 is 0 Å². The van der Waals surface area contributed by atoms with Crippen molar-refractivity contribution in [3.63, 3.8) is 0 Å². The molecule has 0 aliphatic carbocycles. The van der Waals surface area contributed by atoms with Crippen molar-refractivity contribution in [2.24, 2.45) is 0 Å². The van der Waals surface area contributed by atoms with Crippen LogP contribution in [0.1, 0.15) is 19.8 Å². The number of carbonyl (C=O) groups is 1. The second-order valence-electron chi connectivity index (χ2n) is 2.10. The lowest BCUT2D eigenvalue weighted by Crippen LogP contribution is -2.22. The average Bonchev–Trinajstić information content (AvgIpc) is 2.00. The van der Waals surface area contributed by atoms with E-state index in [1.807, 2.05) is 0 Å². The van der Waals surface area contributed by atoms with E-state index in [0.29, 0.717) is 25.3 Å². The van der Waals surface area contributed by atoms with Gasteiger partial charge in [-0.1, -0.05) is 0 Å². The fraction of sp³-hybridized carbons (Fsp3) is 0.857. The fourth-order valence-electron chi connectivity index (χ4n) is 0.627. The molecule has 1 N–H and O–H groups in total. The lowest BCUT2D eigenvalue weighted by Gasteiger charge is -2.07. The van der Waals surface area contributed by atoms with Gasteiger partial charge in [0.25, 0.3) is 0 Å². The van der Waals surface area contributed by atoms with Crippen molar-refractivity contribution in [2.75, 3.05) is 12.5 Å². The molecule has 11 heavy (non-hydrogen) atoms.